The van der Waals surface area contributed by atoms with Crippen molar-refractivity contribution in [2.24, 2.45) is 29.4 Å². The Morgan fingerprint density at radius 1 is 1.00 bits per heavy atom. The molecule has 1 unspecified atom stereocenters. The summed E-state index contributed by atoms with van der Waals surface area (Å²) in [5, 5.41) is 20.5. The Morgan fingerprint density at radius 2 is 1.73 bits per heavy atom. The smallest absolute Gasteiger partial charge is 0.412 e. The van der Waals surface area contributed by atoms with E-state index in [2.05, 4.69) is 16.0 Å². The number of benzene rings is 2. The molecule has 4 bridgehead atoms. The molecule has 6 rings (SSSR count). The third-order valence-corrected chi connectivity index (χ3v) is 17.2. The molecule has 83 heavy (non-hydrogen) atoms. The van der Waals surface area contributed by atoms with E-state index in [0.29, 0.717) is 71.8 Å². The summed E-state index contributed by atoms with van der Waals surface area (Å²) >= 11 is 12.6. The van der Waals surface area contributed by atoms with Gasteiger partial charge in [0.05, 0.1) is 37.8 Å². The molecule has 3 saturated heterocycles. The molecule has 0 aromatic heterocycles. The van der Waals surface area contributed by atoms with Crippen LogP contribution in [0.15, 0.2) is 54.1 Å². The van der Waals surface area contributed by atoms with Gasteiger partial charge in [-0.3, -0.25) is 39.0 Å². The molecule has 6 N–H and O–H groups in total. The molecular formula is C61H83ClN6O14S. The van der Waals surface area contributed by atoms with Crippen LogP contribution >= 0.6 is 23.8 Å². The number of allylic oxidation sites excluding steroid dienone is 3. The minimum Gasteiger partial charge on any atom is -0.495 e. The average Bonchev–Trinajstić information content (AvgIpc) is 2.74. The number of halogens is 1. The molecule has 10 atom stereocenters. The number of urea groups is 1. The molecule has 454 valence electrons. The number of likely N-dealkylation sites (tertiary alicyclic amines) is 1. The first-order chi connectivity index (χ1) is 39.2. The standard InChI is InChI=1S/C61H83ClN6O14S/c1-34(2)42(30-41(83)17-12-11-13-23-68-52(71)26-37(5)57(68)74)56(73)65-44(18-15-22-64-58(63)75)46(69)28-39-20-21-43(36(4)25-39)66-59(76)81-50-31-51(70)67(8)45-27-40(29-47(78-9)54(45)62)24-35(3)16-14-19-49(79-10)61(77)32-48(80-53(72)33-61)38(6)55-60(50,7)82-55/h14,16,19-21,25,27,29,34,37-38,42,44,48-50,55,77H,11-13,15,17-18,22-24,26,28,30-33H2,1-10H3,(H,65,73)(H,66,76)(H3,63,64,75)/b19-14+,35-16+/t37?,38-,42+,44+,48+,49-,50+,55+,60+,61-/m1/s1. The van der Waals surface area contributed by atoms with Gasteiger partial charge in [0.2, 0.25) is 23.6 Å². The van der Waals surface area contributed by atoms with Crippen LogP contribution in [-0.4, -0.2) is 138 Å². The number of amides is 7. The largest absolute Gasteiger partial charge is 0.495 e. The summed E-state index contributed by atoms with van der Waals surface area (Å²) in [4.78, 5) is 109. The van der Waals surface area contributed by atoms with Crippen LogP contribution in [0.3, 0.4) is 0 Å². The van der Waals surface area contributed by atoms with Gasteiger partial charge in [-0.1, -0.05) is 93.9 Å². The number of aryl methyl sites for hydroxylation is 1. The number of primary amides is 1. The number of epoxide rings is 1. The summed E-state index contributed by atoms with van der Waals surface area (Å²) in [6.45, 7) is 13.3. The number of thiocarbonyl (C=S) groups is 1. The number of nitrogens with zero attached hydrogens (tertiary/aromatic N) is 2. The summed E-state index contributed by atoms with van der Waals surface area (Å²) in [7, 11) is 4.50. The Morgan fingerprint density at radius 3 is 2.39 bits per heavy atom. The molecule has 2 aromatic rings. The molecule has 2 aromatic carbocycles. The van der Waals surface area contributed by atoms with Crippen molar-refractivity contribution in [1.82, 2.24) is 15.5 Å². The average molecular weight is 1190 g/mol. The first-order valence-electron chi connectivity index (χ1n) is 28.6. The van der Waals surface area contributed by atoms with E-state index in [1.165, 1.54) is 24.0 Å². The Labute approximate surface area is 497 Å². The zero-order valence-corrected chi connectivity index (χ0v) is 51.0. The highest BCUT2D eigenvalue weighted by molar-refractivity contribution is 7.80. The third-order valence-electron chi connectivity index (χ3n) is 16.4. The second-order valence-corrected chi connectivity index (χ2v) is 24.3. The van der Waals surface area contributed by atoms with E-state index in [1.54, 1.807) is 77.2 Å². The Hall–Kier alpha value is -6.26. The molecule has 0 aliphatic carbocycles. The van der Waals surface area contributed by atoms with Crippen LogP contribution in [0.4, 0.5) is 21.0 Å². The summed E-state index contributed by atoms with van der Waals surface area (Å²) in [5.74, 6) is -3.13. The monoisotopic (exact) mass is 1190 g/mol. The number of anilines is 2. The van der Waals surface area contributed by atoms with Crippen molar-refractivity contribution in [3.8, 4) is 5.75 Å². The van der Waals surface area contributed by atoms with Crippen LogP contribution in [0.25, 0.3) is 0 Å². The molecule has 4 heterocycles. The molecule has 4 aliphatic rings. The van der Waals surface area contributed by atoms with Gasteiger partial charge in [0.15, 0.2) is 5.78 Å². The van der Waals surface area contributed by atoms with Crippen molar-refractivity contribution in [3.63, 3.8) is 0 Å². The molecule has 20 nitrogen and oxygen atoms in total. The highest BCUT2D eigenvalue weighted by Gasteiger charge is 2.64. The van der Waals surface area contributed by atoms with Gasteiger partial charge in [-0.2, -0.15) is 0 Å². The molecule has 3 fully saturated rings. The summed E-state index contributed by atoms with van der Waals surface area (Å²) in [5.41, 5.74) is 5.94. The number of ether oxygens (including phenoxy) is 5. The van der Waals surface area contributed by atoms with E-state index in [1.807, 2.05) is 26.8 Å². The fourth-order valence-electron chi connectivity index (χ4n) is 11.4. The lowest BCUT2D eigenvalue weighted by atomic mass is 9.78. The van der Waals surface area contributed by atoms with Gasteiger partial charge in [0, 0.05) is 70.0 Å². The van der Waals surface area contributed by atoms with Gasteiger partial charge in [0.1, 0.15) is 40.3 Å². The lowest BCUT2D eigenvalue weighted by Crippen LogP contribution is -2.53. The highest BCUT2D eigenvalue weighted by Crippen LogP contribution is 2.50. The first-order valence-corrected chi connectivity index (χ1v) is 29.4. The van der Waals surface area contributed by atoms with Gasteiger partial charge in [0.25, 0.3) is 0 Å². The fourth-order valence-corrected chi connectivity index (χ4v) is 12.0. The fraction of sp³-hybridized carbons (Fsp3) is 0.590. The van der Waals surface area contributed by atoms with Crippen molar-refractivity contribution in [1.29, 1.82) is 0 Å². The Balaban J connectivity index is 1.16. The maximum atomic E-state index is 14.5. The second kappa shape index (κ2) is 29.0. The van der Waals surface area contributed by atoms with E-state index >= 15 is 0 Å². The summed E-state index contributed by atoms with van der Waals surface area (Å²) < 4.78 is 29.8. The van der Waals surface area contributed by atoms with Gasteiger partial charge >= 0.3 is 18.1 Å². The number of carbonyl (C=O) groups is 8. The molecular weight excluding hydrogens is 1110 g/mol. The maximum Gasteiger partial charge on any atom is 0.412 e. The number of rotatable bonds is 22. The number of methoxy groups -OCH3 is 2. The highest BCUT2D eigenvalue weighted by atomic mass is 35.5. The van der Waals surface area contributed by atoms with Crippen LogP contribution in [-0.2, 0) is 60.6 Å². The number of nitrogens with two attached hydrogens (primary N) is 1. The normalized spacial score (nSPS) is 26.4. The number of ketones is 1. The number of fused-ring (bicyclic) bond motifs is 5. The number of nitrogens with one attached hydrogen (secondary N) is 3. The second-order valence-electron chi connectivity index (χ2n) is 23.3. The SMILES string of the molecule is COc1cc2cc(c1Cl)N(C)C(=O)C[C@H](OC(=O)Nc1ccc(CC(=O)[C@H](CCCNC(N)=O)NC(=O)[C@@H](CC(=S)CCCCCN3C(=O)CC(C)C3=O)C(C)C)cc1C)[C@]1(C)O[C@H]1[C@H](C)[C@@H]1C[C@@](O)(CC(=O)O1)[C@H](OC)/C=C/C=C(\C)C2. The molecule has 22 heteroatoms. The number of imide groups is 1. The molecule has 4 aliphatic heterocycles. The lowest BCUT2D eigenvalue weighted by molar-refractivity contribution is -0.187. The summed E-state index contributed by atoms with van der Waals surface area (Å²) in [6.07, 6.45) is 4.29. The van der Waals surface area contributed by atoms with Crippen LogP contribution in [0.2, 0.25) is 5.02 Å². The van der Waals surface area contributed by atoms with Crippen LogP contribution < -0.4 is 31.3 Å². The van der Waals surface area contributed by atoms with Crippen LogP contribution in [0.1, 0.15) is 129 Å². The van der Waals surface area contributed by atoms with Crippen molar-refractivity contribution in [2.45, 2.75) is 174 Å². The van der Waals surface area contributed by atoms with E-state index in [4.69, 9.17) is 53.2 Å². The number of hydrogen-bond acceptors (Lipinski definition) is 15. The topological polar surface area (TPSA) is 275 Å². The van der Waals surface area contributed by atoms with E-state index in [0.717, 1.165) is 24.0 Å². The van der Waals surface area contributed by atoms with Gasteiger partial charge in [-0.15, -0.1) is 0 Å². The van der Waals surface area contributed by atoms with Gasteiger partial charge < -0.3 is 50.1 Å². The van der Waals surface area contributed by atoms with Crippen LogP contribution in [0, 0.1) is 30.6 Å². The van der Waals surface area contributed by atoms with E-state index in [9.17, 15) is 43.5 Å². The van der Waals surface area contributed by atoms with Gasteiger partial charge in [-0.25, -0.2) is 9.59 Å². The minimum atomic E-state index is -1.64. The van der Waals surface area contributed by atoms with E-state index in [-0.39, 0.29) is 85.4 Å². The first kappa shape index (κ1) is 65.9. The number of unbranched alkanes of at least 4 members (excludes halogenated alkanes) is 2. The van der Waals surface area contributed by atoms with Gasteiger partial charge in [-0.05, 0) is 111 Å². The Kier molecular flexibility index (Phi) is 23.0. The van der Waals surface area contributed by atoms with Crippen LogP contribution in [0.5, 0.6) is 5.75 Å². The number of aliphatic hydroxyl groups is 1. The van der Waals surface area contributed by atoms with Crippen molar-refractivity contribution < 1.29 is 67.1 Å². The zero-order valence-electron chi connectivity index (χ0n) is 49.4. The van der Waals surface area contributed by atoms with E-state index < -0.39 is 77.5 Å². The minimum absolute atomic E-state index is 0.0108. The predicted octanol–water partition coefficient (Wildman–Crippen LogP) is 7.96. The Bertz CT molecular complexity index is 2840. The lowest BCUT2D eigenvalue weighted by Gasteiger charge is -2.41. The number of Topliss-reactive ketones (excluding diaryl/α,β-unsaturated/α-hetero) is 1. The zero-order chi connectivity index (χ0) is 61.1. The molecule has 0 radical (unpaired) electrons. The van der Waals surface area contributed by atoms with Crippen molar-refractivity contribution in [3.05, 3.63) is 75.8 Å². The number of hydrogen-bond donors (Lipinski definition) is 5. The quantitative estimate of drug-likeness (QED) is 0.0246. The molecule has 0 spiro atoms. The molecule has 0 saturated carbocycles. The van der Waals surface area contributed by atoms with Crippen molar-refractivity contribution >= 4 is 87.6 Å². The maximum absolute atomic E-state index is 14.5. The predicted molar refractivity (Wildman–Crippen MR) is 317 cm³/mol. The van der Waals surface area contributed by atoms with Crippen molar-refractivity contribution in [2.75, 3.05) is 44.6 Å². The molecule has 7 amide bonds. The summed E-state index contributed by atoms with van der Waals surface area (Å²) in [6, 6.07) is 6.95. The number of esters is 1. The number of carbonyl (C=O) groups excluding carboxylic acids is 8. The third kappa shape index (κ3) is 17.2.